The van der Waals surface area contributed by atoms with E-state index in [2.05, 4.69) is 56.3 Å². The molecule has 2 aliphatic rings. The molecule has 1 aromatic carbocycles. The van der Waals surface area contributed by atoms with Crippen LogP contribution in [0.4, 0.5) is 11.4 Å². The normalized spacial score (nSPS) is 24.0. The Morgan fingerprint density at radius 2 is 2.25 bits per heavy atom. The Hall–Kier alpha value is -0.740. The van der Waals surface area contributed by atoms with Crippen LogP contribution < -0.4 is 15.1 Å². The molecule has 2 aliphatic heterocycles. The van der Waals surface area contributed by atoms with Gasteiger partial charge in [-0.05, 0) is 18.2 Å². The molecule has 1 atom stereocenters. The Bertz CT molecular complexity index is 407. The first-order valence-corrected chi connectivity index (χ1v) is 6.53. The molecule has 1 saturated heterocycles. The van der Waals surface area contributed by atoms with Crippen LogP contribution in [-0.4, -0.2) is 39.3 Å². The summed E-state index contributed by atoms with van der Waals surface area (Å²) in [5.74, 6) is 0. The van der Waals surface area contributed by atoms with Gasteiger partial charge < -0.3 is 15.1 Å². The zero-order chi connectivity index (χ0) is 11.1. The van der Waals surface area contributed by atoms with Gasteiger partial charge in [-0.3, -0.25) is 0 Å². The molecule has 0 aromatic heterocycles. The second kappa shape index (κ2) is 3.93. The van der Waals surface area contributed by atoms with Gasteiger partial charge >= 0.3 is 0 Å². The van der Waals surface area contributed by atoms with Crippen molar-refractivity contribution in [2.24, 2.45) is 0 Å². The molecule has 16 heavy (non-hydrogen) atoms. The van der Waals surface area contributed by atoms with Crippen molar-refractivity contribution in [1.82, 2.24) is 5.32 Å². The average molecular weight is 282 g/mol. The highest BCUT2D eigenvalue weighted by molar-refractivity contribution is 9.10. The lowest BCUT2D eigenvalue weighted by molar-refractivity contribution is 0.466. The molecule has 0 amide bonds. The van der Waals surface area contributed by atoms with Crippen molar-refractivity contribution >= 4 is 27.3 Å². The van der Waals surface area contributed by atoms with Crippen LogP contribution in [0, 0.1) is 0 Å². The second-order valence-corrected chi connectivity index (χ2v) is 5.48. The van der Waals surface area contributed by atoms with E-state index in [1.54, 1.807) is 0 Å². The zero-order valence-electron chi connectivity index (χ0n) is 9.41. The summed E-state index contributed by atoms with van der Waals surface area (Å²) in [5, 5.41) is 3.47. The van der Waals surface area contributed by atoms with Crippen molar-refractivity contribution < 1.29 is 0 Å². The summed E-state index contributed by atoms with van der Waals surface area (Å²) in [6, 6.07) is 7.20. The first kappa shape index (κ1) is 10.4. The summed E-state index contributed by atoms with van der Waals surface area (Å²) < 4.78 is 1.16. The van der Waals surface area contributed by atoms with Gasteiger partial charge in [-0.2, -0.15) is 0 Å². The number of rotatable bonds is 0. The molecule has 0 saturated carbocycles. The summed E-state index contributed by atoms with van der Waals surface area (Å²) in [5.41, 5.74) is 2.72. The number of likely N-dealkylation sites (N-methyl/N-ethyl adjacent to an activating group) is 1. The molecule has 86 valence electrons. The number of nitrogens with one attached hydrogen (secondary N) is 1. The number of fused-ring (bicyclic) bond motifs is 3. The molecule has 3 rings (SSSR count). The van der Waals surface area contributed by atoms with Gasteiger partial charge in [0.2, 0.25) is 0 Å². The first-order valence-electron chi connectivity index (χ1n) is 5.74. The Balaban J connectivity index is 2.04. The Labute approximate surface area is 105 Å². The van der Waals surface area contributed by atoms with Crippen molar-refractivity contribution in [1.29, 1.82) is 0 Å². The van der Waals surface area contributed by atoms with Crippen LogP contribution in [0.1, 0.15) is 0 Å². The van der Waals surface area contributed by atoms with Crippen molar-refractivity contribution in [3.63, 3.8) is 0 Å². The van der Waals surface area contributed by atoms with Crippen LogP contribution in [-0.2, 0) is 0 Å². The smallest absolute Gasteiger partial charge is 0.0613 e. The van der Waals surface area contributed by atoms with Gasteiger partial charge in [0.25, 0.3) is 0 Å². The Kier molecular flexibility index (Phi) is 2.56. The maximum Gasteiger partial charge on any atom is 0.0613 e. The van der Waals surface area contributed by atoms with Gasteiger partial charge in [0.1, 0.15) is 0 Å². The number of piperazine rings is 1. The van der Waals surface area contributed by atoms with E-state index in [9.17, 15) is 0 Å². The van der Waals surface area contributed by atoms with E-state index >= 15 is 0 Å². The molecule has 1 N–H and O–H groups in total. The van der Waals surface area contributed by atoms with Gasteiger partial charge in [0.15, 0.2) is 0 Å². The maximum atomic E-state index is 3.55. The quantitative estimate of drug-likeness (QED) is 0.781. The molecule has 0 spiro atoms. The lowest BCUT2D eigenvalue weighted by Gasteiger charge is -2.46. The molecule has 0 aliphatic carbocycles. The summed E-state index contributed by atoms with van der Waals surface area (Å²) in [7, 11) is 2.18. The number of hydrogen-bond acceptors (Lipinski definition) is 3. The molecule has 1 fully saturated rings. The number of anilines is 2. The predicted octanol–water partition coefficient (Wildman–Crippen LogP) is 1.68. The van der Waals surface area contributed by atoms with Gasteiger partial charge in [0, 0.05) is 37.7 Å². The Morgan fingerprint density at radius 3 is 3.12 bits per heavy atom. The van der Waals surface area contributed by atoms with Crippen LogP contribution in [0.25, 0.3) is 0 Å². The molecule has 4 heteroatoms. The minimum absolute atomic E-state index is 0.618. The predicted molar refractivity (Wildman–Crippen MR) is 71.4 cm³/mol. The van der Waals surface area contributed by atoms with Crippen molar-refractivity contribution in [2.45, 2.75) is 6.04 Å². The molecule has 2 heterocycles. The Morgan fingerprint density at radius 1 is 1.38 bits per heavy atom. The minimum atomic E-state index is 0.618. The van der Waals surface area contributed by atoms with E-state index in [0.717, 1.165) is 30.7 Å². The number of nitrogens with zero attached hydrogens (tertiary/aromatic N) is 2. The molecule has 0 bridgehead atoms. The van der Waals surface area contributed by atoms with Crippen LogP contribution in [0.2, 0.25) is 0 Å². The standard InChI is InChI=1S/C12H16BrN3/c1-15-8-10-7-14-4-5-16(10)11-3-2-9(13)6-12(11)15/h2-3,6,10,14H,4-5,7-8H2,1H3. The van der Waals surface area contributed by atoms with E-state index < -0.39 is 0 Å². The van der Waals surface area contributed by atoms with Crippen LogP contribution in [0.3, 0.4) is 0 Å². The molecule has 0 radical (unpaired) electrons. The number of hydrogen-bond donors (Lipinski definition) is 1. The fraction of sp³-hybridized carbons (Fsp3) is 0.500. The molecular formula is C12H16BrN3. The number of halogens is 1. The largest absolute Gasteiger partial charge is 0.371 e. The van der Waals surface area contributed by atoms with Gasteiger partial charge in [-0.1, -0.05) is 15.9 Å². The summed E-state index contributed by atoms with van der Waals surface area (Å²) >= 11 is 3.55. The lowest BCUT2D eigenvalue weighted by atomic mass is 10.1. The molecule has 1 aromatic rings. The summed E-state index contributed by atoms with van der Waals surface area (Å²) in [6.07, 6.45) is 0. The highest BCUT2D eigenvalue weighted by Gasteiger charge is 2.30. The molecule has 1 unspecified atom stereocenters. The monoisotopic (exact) mass is 281 g/mol. The van der Waals surface area contributed by atoms with Gasteiger partial charge in [-0.15, -0.1) is 0 Å². The van der Waals surface area contributed by atoms with E-state index in [0.29, 0.717) is 6.04 Å². The summed E-state index contributed by atoms with van der Waals surface area (Å²) in [6.45, 7) is 4.42. The van der Waals surface area contributed by atoms with Crippen LogP contribution >= 0.6 is 15.9 Å². The number of benzene rings is 1. The van der Waals surface area contributed by atoms with Gasteiger partial charge in [-0.25, -0.2) is 0 Å². The minimum Gasteiger partial charge on any atom is -0.371 e. The maximum absolute atomic E-state index is 3.55. The van der Waals surface area contributed by atoms with Crippen molar-refractivity contribution in [3.8, 4) is 0 Å². The second-order valence-electron chi connectivity index (χ2n) is 4.56. The van der Waals surface area contributed by atoms with Crippen molar-refractivity contribution in [3.05, 3.63) is 22.7 Å². The average Bonchev–Trinajstić information content (AvgIpc) is 2.29. The third kappa shape index (κ3) is 1.60. The highest BCUT2D eigenvalue weighted by Crippen LogP contribution is 2.36. The third-order valence-electron chi connectivity index (χ3n) is 3.49. The van der Waals surface area contributed by atoms with Crippen molar-refractivity contribution in [2.75, 3.05) is 43.0 Å². The summed E-state index contributed by atoms with van der Waals surface area (Å²) in [4.78, 5) is 4.90. The fourth-order valence-electron chi connectivity index (χ4n) is 2.70. The highest BCUT2D eigenvalue weighted by atomic mass is 79.9. The topological polar surface area (TPSA) is 18.5 Å². The molecular weight excluding hydrogens is 266 g/mol. The molecule has 3 nitrogen and oxygen atoms in total. The van der Waals surface area contributed by atoms with E-state index in [1.165, 1.54) is 11.4 Å². The SMILES string of the molecule is CN1CC2CNCCN2c2ccc(Br)cc21. The van der Waals surface area contributed by atoms with E-state index in [1.807, 2.05) is 0 Å². The van der Waals surface area contributed by atoms with E-state index in [4.69, 9.17) is 0 Å². The first-order chi connectivity index (χ1) is 7.75. The zero-order valence-corrected chi connectivity index (χ0v) is 11.0. The lowest BCUT2D eigenvalue weighted by Crippen LogP contribution is -2.58. The fourth-order valence-corrected chi connectivity index (χ4v) is 3.05. The van der Waals surface area contributed by atoms with Crippen LogP contribution in [0.5, 0.6) is 0 Å². The third-order valence-corrected chi connectivity index (χ3v) is 3.99. The van der Waals surface area contributed by atoms with Crippen LogP contribution in [0.15, 0.2) is 22.7 Å². The van der Waals surface area contributed by atoms with Gasteiger partial charge in [0.05, 0.1) is 17.4 Å². The van der Waals surface area contributed by atoms with E-state index in [-0.39, 0.29) is 0 Å².